The monoisotopic (exact) mass is 405 g/mol. The zero-order valence-corrected chi connectivity index (χ0v) is 16.2. The lowest BCUT2D eigenvalue weighted by Gasteiger charge is -2.42. The summed E-state index contributed by atoms with van der Waals surface area (Å²) in [6.45, 7) is 1.64. The molecule has 2 fully saturated rings. The van der Waals surface area contributed by atoms with Crippen molar-refractivity contribution in [1.29, 1.82) is 0 Å². The second kappa shape index (κ2) is 7.40. The highest BCUT2D eigenvalue weighted by Gasteiger charge is 2.58. The number of nitrogens with zero attached hydrogens (tertiary/aromatic N) is 2. The number of likely N-dealkylation sites (tertiary alicyclic amines) is 1. The maximum Gasteiger partial charge on any atom is 0.290 e. The van der Waals surface area contributed by atoms with E-state index in [0.29, 0.717) is 32.5 Å². The van der Waals surface area contributed by atoms with Gasteiger partial charge in [-0.2, -0.15) is 0 Å². The largest absolute Gasteiger partial charge is 0.483 e. The molecular weight excluding hydrogens is 380 g/mol. The molecule has 3 aliphatic heterocycles. The quantitative estimate of drug-likeness (QED) is 0.716. The lowest BCUT2D eigenvalue weighted by atomic mass is 9.75. The number of piperidine rings is 1. The average molecular weight is 405 g/mol. The number of para-hydroxylation sites is 1. The van der Waals surface area contributed by atoms with E-state index >= 15 is 0 Å². The van der Waals surface area contributed by atoms with Gasteiger partial charge in [0.05, 0.1) is 17.5 Å². The van der Waals surface area contributed by atoms with Crippen LogP contribution in [0.2, 0.25) is 0 Å². The van der Waals surface area contributed by atoms with E-state index in [2.05, 4.69) is 16.0 Å². The van der Waals surface area contributed by atoms with E-state index in [1.165, 1.54) is 0 Å². The van der Waals surface area contributed by atoms with Crippen molar-refractivity contribution in [3.63, 3.8) is 0 Å². The van der Waals surface area contributed by atoms with Crippen LogP contribution in [0.25, 0.3) is 10.9 Å². The van der Waals surface area contributed by atoms with Crippen LogP contribution in [0.15, 0.2) is 24.3 Å². The molecule has 1 spiro atoms. The van der Waals surface area contributed by atoms with Gasteiger partial charge in [0.25, 0.3) is 18.3 Å². The Balaban J connectivity index is 0.000000645. The molecule has 0 atom stereocenters. The first-order valence-corrected chi connectivity index (χ1v) is 10.00. The SMILES string of the molecule is O=C(c1c2n(c3ccccc13)CCC2)N1CCC2(CC1)CNCC2(F)F.O=CO. The first-order valence-electron chi connectivity index (χ1n) is 10.00. The third kappa shape index (κ3) is 3.10. The van der Waals surface area contributed by atoms with Crippen molar-refractivity contribution in [1.82, 2.24) is 14.8 Å². The van der Waals surface area contributed by atoms with Gasteiger partial charge in [0.2, 0.25) is 0 Å². The fourth-order valence-corrected chi connectivity index (χ4v) is 5.13. The number of aromatic nitrogens is 1. The van der Waals surface area contributed by atoms with Gasteiger partial charge in [0, 0.05) is 42.8 Å². The molecule has 5 rings (SSSR count). The van der Waals surface area contributed by atoms with Crippen molar-refractivity contribution in [2.45, 2.75) is 38.2 Å². The van der Waals surface area contributed by atoms with Gasteiger partial charge in [0.15, 0.2) is 0 Å². The molecule has 0 bridgehead atoms. The minimum atomic E-state index is -2.67. The molecule has 4 heterocycles. The van der Waals surface area contributed by atoms with Gasteiger partial charge >= 0.3 is 0 Å². The Morgan fingerprint density at radius 1 is 1.14 bits per heavy atom. The van der Waals surface area contributed by atoms with Crippen molar-refractivity contribution in [2.24, 2.45) is 5.41 Å². The first-order chi connectivity index (χ1) is 13.9. The molecule has 156 valence electrons. The van der Waals surface area contributed by atoms with Crippen LogP contribution in [-0.4, -0.2) is 59.1 Å². The molecule has 0 saturated carbocycles. The number of aryl methyl sites for hydroxylation is 1. The lowest BCUT2D eigenvalue weighted by Crippen LogP contribution is -2.50. The summed E-state index contributed by atoms with van der Waals surface area (Å²) in [6, 6.07) is 8.04. The van der Waals surface area contributed by atoms with Gasteiger partial charge in [-0.3, -0.25) is 9.59 Å². The molecule has 0 radical (unpaired) electrons. The number of hydrogen-bond acceptors (Lipinski definition) is 3. The summed E-state index contributed by atoms with van der Waals surface area (Å²) < 4.78 is 30.9. The zero-order chi connectivity index (χ0) is 20.6. The van der Waals surface area contributed by atoms with E-state index in [-0.39, 0.29) is 18.9 Å². The Morgan fingerprint density at radius 3 is 2.48 bits per heavy atom. The Morgan fingerprint density at radius 2 is 1.83 bits per heavy atom. The van der Waals surface area contributed by atoms with Gasteiger partial charge < -0.3 is 19.9 Å². The topological polar surface area (TPSA) is 74.6 Å². The zero-order valence-electron chi connectivity index (χ0n) is 16.2. The molecule has 0 aliphatic carbocycles. The molecule has 2 saturated heterocycles. The highest BCUT2D eigenvalue weighted by atomic mass is 19.3. The Kier molecular flexibility index (Phi) is 5.06. The van der Waals surface area contributed by atoms with Crippen LogP contribution in [-0.2, 0) is 17.8 Å². The number of carbonyl (C=O) groups excluding carboxylic acids is 1. The maximum absolute atomic E-state index is 14.3. The number of nitrogens with one attached hydrogen (secondary N) is 1. The van der Waals surface area contributed by atoms with Crippen LogP contribution >= 0.6 is 0 Å². The molecule has 1 aromatic carbocycles. The van der Waals surface area contributed by atoms with Crippen molar-refractivity contribution in [3.05, 3.63) is 35.5 Å². The number of amides is 1. The van der Waals surface area contributed by atoms with Crippen LogP contribution < -0.4 is 5.32 Å². The Bertz CT molecular complexity index is 933. The molecule has 8 heteroatoms. The van der Waals surface area contributed by atoms with Gasteiger partial charge in [-0.05, 0) is 31.7 Å². The first kappa shape index (κ1) is 19.8. The van der Waals surface area contributed by atoms with Crippen LogP contribution in [0.3, 0.4) is 0 Å². The number of carbonyl (C=O) groups is 2. The van der Waals surface area contributed by atoms with Crippen LogP contribution in [0.5, 0.6) is 0 Å². The predicted octanol–water partition coefficient (Wildman–Crippen LogP) is 2.75. The molecule has 29 heavy (non-hydrogen) atoms. The number of carboxylic acid groups (broad SMARTS) is 1. The van der Waals surface area contributed by atoms with Crippen molar-refractivity contribution in [2.75, 3.05) is 26.2 Å². The molecule has 3 aliphatic rings. The summed E-state index contributed by atoms with van der Waals surface area (Å²) >= 11 is 0. The number of fused-ring (bicyclic) bond motifs is 3. The molecule has 1 amide bonds. The van der Waals surface area contributed by atoms with E-state index in [1.54, 1.807) is 4.90 Å². The van der Waals surface area contributed by atoms with Crippen LogP contribution in [0.4, 0.5) is 8.78 Å². The van der Waals surface area contributed by atoms with E-state index < -0.39 is 11.3 Å². The van der Waals surface area contributed by atoms with E-state index in [4.69, 9.17) is 9.90 Å². The molecule has 6 nitrogen and oxygen atoms in total. The standard InChI is InChI=1S/C20H23F2N3O.CH2O2/c21-20(22)13-23-12-19(20)7-10-24(11-8-19)18(26)17-14-4-1-2-5-15(14)25-9-3-6-16(17)25;2-1-3/h1-2,4-5,23H,3,6-13H2;1H,(H,2,3). The van der Waals surface area contributed by atoms with Gasteiger partial charge in [0.1, 0.15) is 0 Å². The van der Waals surface area contributed by atoms with Crippen LogP contribution in [0, 0.1) is 5.41 Å². The third-order valence-corrected chi connectivity index (χ3v) is 6.68. The molecule has 2 aromatic rings. The molecule has 0 unspecified atom stereocenters. The highest BCUT2D eigenvalue weighted by molar-refractivity contribution is 6.08. The fourth-order valence-electron chi connectivity index (χ4n) is 5.13. The second-order valence-electron chi connectivity index (χ2n) is 8.08. The summed E-state index contributed by atoms with van der Waals surface area (Å²) in [5.41, 5.74) is 2.05. The van der Waals surface area contributed by atoms with Crippen molar-refractivity contribution < 1.29 is 23.5 Å². The number of rotatable bonds is 1. The number of halogens is 2. The lowest BCUT2D eigenvalue weighted by molar-refractivity contribution is -0.122. The average Bonchev–Trinajstić information content (AvgIpc) is 3.36. The fraction of sp³-hybridized carbons (Fsp3) is 0.524. The molecule has 1 aromatic heterocycles. The Labute approximate surface area is 167 Å². The van der Waals surface area contributed by atoms with E-state index in [0.717, 1.165) is 41.5 Å². The summed E-state index contributed by atoms with van der Waals surface area (Å²) in [6.07, 6.45) is 2.70. The summed E-state index contributed by atoms with van der Waals surface area (Å²) in [4.78, 5) is 23.5. The smallest absolute Gasteiger partial charge is 0.290 e. The maximum atomic E-state index is 14.3. The minimum absolute atomic E-state index is 0.0148. The normalized spacial score (nSPS) is 21.7. The summed E-state index contributed by atoms with van der Waals surface area (Å²) in [5.74, 6) is -2.66. The summed E-state index contributed by atoms with van der Waals surface area (Å²) in [5, 5.41) is 10.7. The van der Waals surface area contributed by atoms with Gasteiger partial charge in [-0.25, -0.2) is 8.78 Å². The van der Waals surface area contributed by atoms with E-state index in [9.17, 15) is 13.6 Å². The number of hydrogen-bond donors (Lipinski definition) is 2. The highest BCUT2D eigenvalue weighted by Crippen LogP contribution is 2.47. The Hall–Kier alpha value is -2.48. The molecular formula is C21H25F2N3O3. The summed E-state index contributed by atoms with van der Waals surface area (Å²) in [7, 11) is 0. The second-order valence-corrected chi connectivity index (χ2v) is 8.08. The van der Waals surface area contributed by atoms with Gasteiger partial charge in [-0.15, -0.1) is 0 Å². The third-order valence-electron chi connectivity index (χ3n) is 6.68. The number of benzene rings is 1. The molecule has 2 N–H and O–H groups in total. The van der Waals surface area contributed by atoms with E-state index in [1.807, 2.05) is 18.2 Å². The minimum Gasteiger partial charge on any atom is -0.483 e. The van der Waals surface area contributed by atoms with Crippen molar-refractivity contribution in [3.8, 4) is 0 Å². The van der Waals surface area contributed by atoms with Crippen molar-refractivity contribution >= 4 is 23.3 Å². The number of alkyl halides is 2. The van der Waals surface area contributed by atoms with Crippen LogP contribution in [0.1, 0.15) is 35.3 Å². The predicted molar refractivity (Wildman–Crippen MR) is 104 cm³/mol. The van der Waals surface area contributed by atoms with Gasteiger partial charge in [-0.1, -0.05) is 18.2 Å².